The zero-order valence-electron chi connectivity index (χ0n) is 13.2. The first-order valence-electron chi connectivity index (χ1n) is 7.35. The van der Waals surface area contributed by atoms with Gasteiger partial charge in [0.25, 0.3) is 0 Å². The van der Waals surface area contributed by atoms with E-state index in [-0.39, 0.29) is 12.3 Å². The van der Waals surface area contributed by atoms with Crippen LogP contribution in [0.5, 0.6) is 0 Å². The molecule has 2 aromatic rings. The minimum absolute atomic E-state index is 0.195. The van der Waals surface area contributed by atoms with E-state index < -0.39 is 5.97 Å². The Balaban J connectivity index is 1.88. The number of rotatable bonds is 6. The fourth-order valence-electron chi connectivity index (χ4n) is 2.11. The zero-order chi connectivity index (χ0) is 17.4. The standard InChI is InChI=1S/C18H17N3O3/c1-24-18(23)13-6-4-7-15(11-13)21-17(22)9-10-20-16-8-3-2-5-14(16)12-19/h2-8,11,20H,9-10H2,1H3,(H,21,22). The maximum absolute atomic E-state index is 12.0. The number of para-hydroxylation sites is 1. The van der Waals surface area contributed by atoms with Gasteiger partial charge in [-0.3, -0.25) is 4.79 Å². The van der Waals surface area contributed by atoms with Gasteiger partial charge in [-0.05, 0) is 30.3 Å². The van der Waals surface area contributed by atoms with Crippen LogP contribution < -0.4 is 10.6 Å². The third-order valence-corrected chi connectivity index (χ3v) is 3.28. The quantitative estimate of drug-likeness (QED) is 0.798. The number of carbonyl (C=O) groups is 2. The summed E-state index contributed by atoms with van der Waals surface area (Å²) < 4.78 is 4.64. The lowest BCUT2D eigenvalue weighted by atomic mass is 10.2. The summed E-state index contributed by atoms with van der Waals surface area (Å²) in [7, 11) is 1.30. The maximum atomic E-state index is 12.0. The molecule has 0 heterocycles. The molecule has 24 heavy (non-hydrogen) atoms. The molecule has 2 N–H and O–H groups in total. The molecule has 6 nitrogen and oxygen atoms in total. The Labute approximate surface area is 140 Å². The van der Waals surface area contributed by atoms with Crippen molar-refractivity contribution in [2.24, 2.45) is 0 Å². The number of methoxy groups -OCH3 is 1. The first kappa shape index (κ1) is 17.0. The summed E-state index contributed by atoms with van der Waals surface area (Å²) >= 11 is 0. The maximum Gasteiger partial charge on any atom is 0.337 e. The molecule has 0 aliphatic heterocycles. The molecule has 0 aliphatic rings. The average molecular weight is 323 g/mol. The van der Waals surface area contributed by atoms with Gasteiger partial charge >= 0.3 is 5.97 Å². The summed E-state index contributed by atoms with van der Waals surface area (Å²) in [6.07, 6.45) is 0.224. The van der Waals surface area contributed by atoms with Gasteiger partial charge in [0.05, 0.1) is 23.9 Å². The van der Waals surface area contributed by atoms with Crippen molar-refractivity contribution < 1.29 is 14.3 Å². The first-order valence-corrected chi connectivity index (χ1v) is 7.35. The van der Waals surface area contributed by atoms with Crippen molar-refractivity contribution in [3.8, 4) is 6.07 Å². The highest BCUT2D eigenvalue weighted by atomic mass is 16.5. The summed E-state index contributed by atoms with van der Waals surface area (Å²) in [5, 5.41) is 14.8. The van der Waals surface area contributed by atoms with Gasteiger partial charge < -0.3 is 15.4 Å². The summed E-state index contributed by atoms with van der Waals surface area (Å²) in [5.74, 6) is -0.653. The van der Waals surface area contributed by atoms with Gasteiger partial charge in [0, 0.05) is 18.7 Å². The van der Waals surface area contributed by atoms with Crippen molar-refractivity contribution in [1.82, 2.24) is 0 Å². The van der Waals surface area contributed by atoms with Crippen LogP contribution in [-0.2, 0) is 9.53 Å². The second-order valence-electron chi connectivity index (χ2n) is 4.95. The number of carbonyl (C=O) groups excluding carboxylic acids is 2. The van der Waals surface area contributed by atoms with Gasteiger partial charge in [0.2, 0.25) is 5.91 Å². The number of nitrogens with one attached hydrogen (secondary N) is 2. The molecule has 0 aromatic heterocycles. The fraction of sp³-hybridized carbons (Fsp3) is 0.167. The lowest BCUT2D eigenvalue weighted by Gasteiger charge is -2.09. The molecule has 0 spiro atoms. The molecule has 0 unspecified atom stereocenters. The summed E-state index contributed by atoms with van der Waals surface area (Å²) in [4.78, 5) is 23.4. The van der Waals surface area contributed by atoms with E-state index in [9.17, 15) is 9.59 Å². The van der Waals surface area contributed by atoms with E-state index in [1.165, 1.54) is 7.11 Å². The number of benzene rings is 2. The third kappa shape index (κ3) is 4.58. The van der Waals surface area contributed by atoms with Crippen molar-refractivity contribution >= 4 is 23.3 Å². The molecule has 6 heteroatoms. The second-order valence-corrected chi connectivity index (χ2v) is 4.95. The number of nitriles is 1. The van der Waals surface area contributed by atoms with E-state index in [1.807, 2.05) is 6.07 Å². The molecule has 0 radical (unpaired) electrons. The predicted octanol–water partition coefficient (Wildman–Crippen LogP) is 2.79. The minimum atomic E-state index is -0.458. The molecule has 0 bridgehead atoms. The van der Waals surface area contributed by atoms with Gasteiger partial charge in [-0.1, -0.05) is 18.2 Å². The van der Waals surface area contributed by atoms with Gasteiger partial charge in [-0.25, -0.2) is 4.79 Å². The smallest absolute Gasteiger partial charge is 0.337 e. The second kappa shape index (κ2) is 8.34. The lowest BCUT2D eigenvalue weighted by molar-refractivity contribution is -0.115. The zero-order valence-corrected chi connectivity index (χ0v) is 13.2. The Kier molecular flexibility index (Phi) is 5.92. The molecule has 2 aromatic carbocycles. The van der Waals surface area contributed by atoms with Crippen molar-refractivity contribution in [2.75, 3.05) is 24.3 Å². The number of esters is 1. The Hall–Kier alpha value is -3.33. The van der Waals surface area contributed by atoms with Gasteiger partial charge in [0.1, 0.15) is 6.07 Å². The number of nitrogens with zero attached hydrogens (tertiary/aromatic N) is 1. The topological polar surface area (TPSA) is 91.2 Å². The van der Waals surface area contributed by atoms with Crippen molar-refractivity contribution in [3.63, 3.8) is 0 Å². The Bertz CT molecular complexity index is 781. The minimum Gasteiger partial charge on any atom is -0.465 e. The lowest BCUT2D eigenvalue weighted by Crippen LogP contribution is -2.16. The Morgan fingerprint density at radius 3 is 2.71 bits per heavy atom. The number of amides is 1. The number of hydrogen-bond donors (Lipinski definition) is 2. The van der Waals surface area contributed by atoms with E-state index in [0.29, 0.717) is 29.0 Å². The monoisotopic (exact) mass is 323 g/mol. The summed E-state index contributed by atoms with van der Waals surface area (Å²) in [5.41, 5.74) is 2.13. The molecular formula is C18H17N3O3. The van der Waals surface area contributed by atoms with Crippen LogP contribution in [0.15, 0.2) is 48.5 Å². The number of anilines is 2. The molecule has 0 aliphatic carbocycles. The largest absolute Gasteiger partial charge is 0.465 e. The summed E-state index contributed by atoms with van der Waals surface area (Å²) in [6, 6.07) is 15.7. The van der Waals surface area contributed by atoms with Crippen LogP contribution in [-0.4, -0.2) is 25.5 Å². The van der Waals surface area contributed by atoms with E-state index >= 15 is 0 Å². The normalized spacial score (nSPS) is 9.67. The highest BCUT2D eigenvalue weighted by Crippen LogP contribution is 2.14. The van der Waals surface area contributed by atoms with Gasteiger partial charge in [-0.2, -0.15) is 5.26 Å². The molecular weight excluding hydrogens is 306 g/mol. The van der Waals surface area contributed by atoms with Gasteiger partial charge in [-0.15, -0.1) is 0 Å². The van der Waals surface area contributed by atoms with Gasteiger partial charge in [0.15, 0.2) is 0 Å². The highest BCUT2D eigenvalue weighted by Gasteiger charge is 2.08. The summed E-state index contributed by atoms with van der Waals surface area (Å²) in [6.45, 7) is 0.390. The molecule has 122 valence electrons. The predicted molar refractivity (Wildman–Crippen MR) is 90.7 cm³/mol. The van der Waals surface area contributed by atoms with E-state index in [4.69, 9.17) is 5.26 Å². The van der Waals surface area contributed by atoms with Crippen LogP contribution in [0.3, 0.4) is 0 Å². The van der Waals surface area contributed by atoms with Crippen LogP contribution in [0.1, 0.15) is 22.3 Å². The van der Waals surface area contributed by atoms with Crippen molar-refractivity contribution in [2.45, 2.75) is 6.42 Å². The molecule has 1 amide bonds. The van der Waals surface area contributed by atoms with Crippen LogP contribution >= 0.6 is 0 Å². The molecule has 2 rings (SSSR count). The first-order chi connectivity index (χ1) is 11.6. The number of ether oxygens (including phenoxy) is 1. The van der Waals surface area contributed by atoms with Crippen LogP contribution in [0.4, 0.5) is 11.4 Å². The molecule has 0 saturated heterocycles. The van der Waals surface area contributed by atoms with Crippen molar-refractivity contribution in [3.05, 3.63) is 59.7 Å². The SMILES string of the molecule is COC(=O)c1cccc(NC(=O)CCNc2ccccc2C#N)c1. The Morgan fingerprint density at radius 2 is 1.96 bits per heavy atom. The fourth-order valence-corrected chi connectivity index (χ4v) is 2.11. The van der Waals surface area contributed by atoms with Crippen molar-refractivity contribution in [1.29, 1.82) is 5.26 Å². The van der Waals surface area contributed by atoms with E-state index in [0.717, 1.165) is 0 Å². The number of hydrogen-bond acceptors (Lipinski definition) is 5. The Morgan fingerprint density at radius 1 is 1.17 bits per heavy atom. The molecule has 0 fully saturated rings. The average Bonchev–Trinajstić information content (AvgIpc) is 2.61. The van der Waals surface area contributed by atoms with Crippen LogP contribution in [0.25, 0.3) is 0 Å². The highest BCUT2D eigenvalue weighted by molar-refractivity contribution is 5.94. The molecule has 0 saturated carbocycles. The van der Waals surface area contributed by atoms with Crippen LogP contribution in [0, 0.1) is 11.3 Å². The van der Waals surface area contributed by atoms with E-state index in [2.05, 4.69) is 21.4 Å². The molecule has 0 atom stereocenters. The van der Waals surface area contributed by atoms with Crippen LogP contribution in [0.2, 0.25) is 0 Å². The third-order valence-electron chi connectivity index (χ3n) is 3.28. The van der Waals surface area contributed by atoms with E-state index in [1.54, 1.807) is 42.5 Å².